The molecule has 0 bridgehead atoms. The number of H-pyrrole nitrogens is 1. The van der Waals surface area contributed by atoms with E-state index in [1.165, 1.54) is 19.2 Å². The van der Waals surface area contributed by atoms with Crippen molar-refractivity contribution in [2.45, 2.75) is 38.4 Å². The first-order chi connectivity index (χ1) is 15.6. The molecular formula is C22H23F3N6O2. The summed E-state index contributed by atoms with van der Waals surface area (Å²) in [5.74, 6) is 0.0588. The van der Waals surface area contributed by atoms with Crippen molar-refractivity contribution in [3.63, 3.8) is 0 Å². The van der Waals surface area contributed by atoms with Gasteiger partial charge in [-0.25, -0.2) is 5.10 Å². The molecule has 0 saturated carbocycles. The Kier molecular flexibility index (Phi) is 6.07. The van der Waals surface area contributed by atoms with E-state index < -0.39 is 29.2 Å². The molecule has 0 spiro atoms. The van der Waals surface area contributed by atoms with Crippen LogP contribution in [0.25, 0.3) is 10.8 Å². The van der Waals surface area contributed by atoms with Gasteiger partial charge in [-0.15, -0.1) is 0 Å². The van der Waals surface area contributed by atoms with Gasteiger partial charge in [0.1, 0.15) is 0 Å². The Morgan fingerprint density at radius 1 is 1.21 bits per heavy atom. The van der Waals surface area contributed by atoms with Crippen LogP contribution in [0, 0.1) is 0 Å². The molecule has 2 atom stereocenters. The molecule has 1 saturated heterocycles. The van der Waals surface area contributed by atoms with Gasteiger partial charge in [0.25, 0.3) is 5.56 Å². The predicted octanol–water partition coefficient (Wildman–Crippen LogP) is 3.55. The number of anilines is 2. The van der Waals surface area contributed by atoms with Crippen molar-refractivity contribution < 1.29 is 18.0 Å². The molecule has 11 heteroatoms. The fourth-order valence-corrected chi connectivity index (χ4v) is 3.95. The van der Waals surface area contributed by atoms with Gasteiger partial charge in [-0.1, -0.05) is 0 Å². The Morgan fingerprint density at radius 2 is 2.00 bits per heavy atom. The highest BCUT2D eigenvalue weighted by Crippen LogP contribution is 2.34. The molecule has 174 valence electrons. The van der Waals surface area contributed by atoms with Crippen molar-refractivity contribution in [2.75, 3.05) is 23.7 Å². The van der Waals surface area contributed by atoms with Gasteiger partial charge >= 0.3 is 6.18 Å². The number of hydrogen-bond donors (Lipinski definition) is 4. The number of carbonyl (C=O) groups excluding carboxylic acids is 1. The minimum Gasteiger partial charge on any atom is -0.362 e. The number of amides is 1. The molecule has 1 aliphatic heterocycles. The molecule has 1 aromatic carbocycles. The third-order valence-corrected chi connectivity index (χ3v) is 5.63. The topological polar surface area (TPSA) is 112 Å². The summed E-state index contributed by atoms with van der Waals surface area (Å²) in [6, 6.07) is 4.57. The second-order valence-electron chi connectivity index (χ2n) is 8.13. The molecule has 2 unspecified atom stereocenters. The van der Waals surface area contributed by atoms with Crippen molar-refractivity contribution in [1.82, 2.24) is 20.5 Å². The second kappa shape index (κ2) is 8.81. The number of carbonyl (C=O) groups is 1. The van der Waals surface area contributed by atoms with E-state index in [2.05, 4.69) is 31.1 Å². The van der Waals surface area contributed by atoms with E-state index in [9.17, 15) is 22.8 Å². The zero-order valence-electron chi connectivity index (χ0n) is 18.0. The Hall–Kier alpha value is -3.47. The van der Waals surface area contributed by atoms with Crippen LogP contribution in [0.4, 0.5) is 24.7 Å². The van der Waals surface area contributed by atoms with E-state index in [0.29, 0.717) is 22.2 Å². The minimum atomic E-state index is -4.58. The number of fused-ring (bicyclic) bond motifs is 1. The van der Waals surface area contributed by atoms with Gasteiger partial charge in [-0.2, -0.15) is 18.3 Å². The summed E-state index contributed by atoms with van der Waals surface area (Å²) in [5, 5.41) is 16.2. The first-order valence-corrected chi connectivity index (χ1v) is 10.5. The molecule has 8 nitrogen and oxygen atoms in total. The number of alkyl halides is 3. The van der Waals surface area contributed by atoms with Crippen molar-refractivity contribution in [3.8, 4) is 0 Å². The van der Waals surface area contributed by atoms with E-state index in [0.717, 1.165) is 37.3 Å². The molecule has 1 aliphatic rings. The molecule has 33 heavy (non-hydrogen) atoms. The fraction of sp³-hybridized carbons (Fsp3) is 0.364. The quantitative estimate of drug-likeness (QED) is 0.463. The Balaban J connectivity index is 1.72. The average molecular weight is 460 g/mol. The van der Waals surface area contributed by atoms with Crippen molar-refractivity contribution >= 4 is 28.2 Å². The first-order valence-electron chi connectivity index (χ1n) is 10.5. The summed E-state index contributed by atoms with van der Waals surface area (Å²) in [5.41, 5.74) is -0.122. The fourth-order valence-electron chi connectivity index (χ4n) is 3.95. The van der Waals surface area contributed by atoms with Crippen LogP contribution in [0.15, 0.2) is 35.3 Å². The molecule has 3 heterocycles. The predicted molar refractivity (Wildman–Crippen MR) is 118 cm³/mol. The number of hydrogen-bond acceptors (Lipinski definition) is 6. The van der Waals surface area contributed by atoms with Crippen molar-refractivity contribution in [3.05, 3.63) is 57.6 Å². The smallest absolute Gasteiger partial charge is 0.362 e. The number of rotatable bonds is 5. The monoisotopic (exact) mass is 460 g/mol. The van der Waals surface area contributed by atoms with Gasteiger partial charge in [0, 0.05) is 42.4 Å². The van der Waals surface area contributed by atoms with Crippen LogP contribution in [0.2, 0.25) is 0 Å². The van der Waals surface area contributed by atoms with Crippen LogP contribution < -0.4 is 21.5 Å². The number of aromatic amines is 1. The van der Waals surface area contributed by atoms with Crippen LogP contribution >= 0.6 is 0 Å². The number of pyridine rings is 1. The van der Waals surface area contributed by atoms with Crippen LogP contribution in [-0.4, -0.2) is 34.2 Å². The van der Waals surface area contributed by atoms with Crippen LogP contribution in [0.1, 0.15) is 49.0 Å². The van der Waals surface area contributed by atoms with Gasteiger partial charge in [-0.3, -0.25) is 14.6 Å². The van der Waals surface area contributed by atoms with Gasteiger partial charge < -0.3 is 16.0 Å². The third-order valence-electron chi connectivity index (χ3n) is 5.63. The van der Waals surface area contributed by atoms with E-state index >= 15 is 0 Å². The normalized spacial score (nSPS) is 17.2. The summed E-state index contributed by atoms with van der Waals surface area (Å²) in [7, 11) is 0. The van der Waals surface area contributed by atoms with E-state index in [1.807, 2.05) is 0 Å². The second-order valence-corrected chi connectivity index (χ2v) is 8.13. The maximum Gasteiger partial charge on any atom is 0.416 e. The molecule has 3 aromatic rings. The minimum absolute atomic E-state index is 0.0421. The molecule has 4 N–H and O–H groups in total. The number of aromatic nitrogens is 3. The zero-order chi connectivity index (χ0) is 23.8. The molecule has 1 fully saturated rings. The lowest BCUT2D eigenvalue weighted by Crippen LogP contribution is -2.17. The molecular weight excluding hydrogens is 437 g/mol. The largest absolute Gasteiger partial charge is 0.416 e. The number of benzene rings is 1. The van der Waals surface area contributed by atoms with E-state index in [-0.39, 0.29) is 11.6 Å². The highest BCUT2D eigenvalue weighted by molar-refractivity contribution is 5.91. The Morgan fingerprint density at radius 3 is 2.67 bits per heavy atom. The van der Waals surface area contributed by atoms with Crippen molar-refractivity contribution in [2.24, 2.45) is 0 Å². The number of nitrogens with one attached hydrogen (secondary N) is 4. The Labute approximate surface area is 187 Å². The lowest BCUT2D eigenvalue weighted by Gasteiger charge is -2.19. The summed E-state index contributed by atoms with van der Waals surface area (Å²) in [6.07, 6.45) is -2.16. The van der Waals surface area contributed by atoms with E-state index in [1.54, 1.807) is 13.0 Å². The molecule has 4 rings (SSSR count). The number of nitrogens with zero attached hydrogens (tertiary/aromatic N) is 2. The summed E-state index contributed by atoms with van der Waals surface area (Å²) < 4.78 is 40.3. The first kappa shape index (κ1) is 22.7. The molecule has 2 aromatic heterocycles. The van der Waals surface area contributed by atoms with Gasteiger partial charge in [0.05, 0.1) is 17.0 Å². The molecule has 1 amide bonds. The number of halogens is 3. The van der Waals surface area contributed by atoms with Crippen LogP contribution in [-0.2, 0) is 11.0 Å². The van der Waals surface area contributed by atoms with Crippen LogP contribution in [0.5, 0.6) is 0 Å². The summed E-state index contributed by atoms with van der Waals surface area (Å²) in [4.78, 5) is 28.1. The highest BCUT2D eigenvalue weighted by atomic mass is 19.4. The highest BCUT2D eigenvalue weighted by Gasteiger charge is 2.32. The van der Waals surface area contributed by atoms with Gasteiger partial charge in [-0.05, 0) is 49.7 Å². The maximum atomic E-state index is 13.4. The lowest BCUT2D eigenvalue weighted by atomic mass is 10.0. The van der Waals surface area contributed by atoms with Crippen LogP contribution in [0.3, 0.4) is 0 Å². The van der Waals surface area contributed by atoms with E-state index in [4.69, 9.17) is 0 Å². The van der Waals surface area contributed by atoms with Crippen molar-refractivity contribution in [1.29, 1.82) is 0 Å². The summed E-state index contributed by atoms with van der Waals surface area (Å²) in [6.45, 7) is 4.56. The van der Waals surface area contributed by atoms with Gasteiger partial charge in [0.2, 0.25) is 5.91 Å². The average Bonchev–Trinajstić information content (AvgIpc) is 3.29. The Bertz CT molecular complexity index is 1250. The summed E-state index contributed by atoms with van der Waals surface area (Å²) >= 11 is 0. The van der Waals surface area contributed by atoms with Gasteiger partial charge in [0.15, 0.2) is 5.82 Å². The molecule has 0 aliphatic carbocycles. The molecule has 0 radical (unpaired) electrons. The lowest BCUT2D eigenvalue weighted by molar-refractivity contribution is -0.137. The SMILES string of the molecule is CC(=O)Nc1cc(C(C)Nc2n[nH]c(=O)c3cnc(C4CCNC4)cc23)cc(C(F)(F)F)c1. The standard InChI is InChI=1S/C22H23F3N6O2/c1-11(14-5-15(22(23,24)25)7-16(6-14)29-12(2)32)28-20-17-8-19(13-3-4-26-9-13)27-10-18(17)21(33)31-30-20/h5-8,10-11,13,26H,3-4,9H2,1-2H3,(H,28,30)(H,29,32)(H,31,33). The zero-order valence-corrected chi connectivity index (χ0v) is 18.0. The third kappa shape index (κ3) is 4.98. The maximum absolute atomic E-state index is 13.4.